The van der Waals surface area contributed by atoms with Gasteiger partial charge in [-0.25, -0.2) is 0 Å². The lowest BCUT2D eigenvalue weighted by Crippen LogP contribution is -2.25. The lowest BCUT2D eigenvalue weighted by Gasteiger charge is -2.26. The predicted molar refractivity (Wildman–Crippen MR) is 77.7 cm³/mol. The highest BCUT2D eigenvalue weighted by Crippen LogP contribution is 2.44. The lowest BCUT2D eigenvalue weighted by atomic mass is 9.87. The van der Waals surface area contributed by atoms with Gasteiger partial charge in [0.05, 0.1) is 5.92 Å². The average molecular weight is 293 g/mol. The number of para-hydroxylation sites is 2. The molecule has 1 aliphatic heterocycles. The number of anilines is 1. The van der Waals surface area contributed by atoms with Crippen LogP contribution in [-0.2, 0) is 4.79 Å². The summed E-state index contributed by atoms with van der Waals surface area (Å²) in [4.78, 5) is 12.7. The fraction of sp³-hybridized carbons (Fsp3) is 0.0625. The van der Waals surface area contributed by atoms with Crippen LogP contribution in [0.15, 0.2) is 59.3 Å². The van der Waals surface area contributed by atoms with E-state index in [1.165, 1.54) is 6.39 Å². The maximum absolute atomic E-state index is 12.7. The molecule has 2 aromatic carbocycles. The van der Waals surface area contributed by atoms with Crippen LogP contribution in [0.2, 0.25) is 0 Å². The molecule has 1 aromatic heterocycles. The van der Waals surface area contributed by atoms with Crippen LogP contribution in [0.4, 0.5) is 6.01 Å². The van der Waals surface area contributed by atoms with Crippen LogP contribution in [-0.4, -0.2) is 16.1 Å². The summed E-state index contributed by atoms with van der Waals surface area (Å²) in [6.45, 7) is 0. The van der Waals surface area contributed by atoms with E-state index in [-0.39, 0.29) is 11.9 Å². The van der Waals surface area contributed by atoms with Gasteiger partial charge in [-0.3, -0.25) is 10.1 Å². The minimum Gasteiger partial charge on any atom is -0.457 e. The van der Waals surface area contributed by atoms with Crippen molar-refractivity contribution in [2.45, 2.75) is 5.92 Å². The molecule has 22 heavy (non-hydrogen) atoms. The molecule has 1 aliphatic rings. The van der Waals surface area contributed by atoms with Gasteiger partial charge in [0.15, 0.2) is 0 Å². The van der Waals surface area contributed by atoms with Gasteiger partial charge in [-0.1, -0.05) is 41.5 Å². The Balaban J connectivity index is 1.79. The van der Waals surface area contributed by atoms with Gasteiger partial charge in [-0.05, 0) is 12.1 Å². The van der Waals surface area contributed by atoms with Crippen molar-refractivity contribution >= 4 is 11.9 Å². The topological polar surface area (TPSA) is 77.3 Å². The Hall–Kier alpha value is -3.15. The number of rotatable bonds is 2. The summed E-state index contributed by atoms with van der Waals surface area (Å²) in [5, 5.41) is 9.87. The SMILES string of the molecule is O=C(Nc1nnco1)C1c2ccccc2Oc2ccccc21. The second kappa shape index (κ2) is 5.00. The molecule has 0 atom stereocenters. The van der Waals surface area contributed by atoms with Gasteiger partial charge >= 0.3 is 6.01 Å². The Bertz CT molecular complexity index is 785. The quantitative estimate of drug-likeness (QED) is 0.786. The van der Waals surface area contributed by atoms with Gasteiger partial charge in [0.1, 0.15) is 11.5 Å². The third kappa shape index (κ3) is 2.01. The van der Waals surface area contributed by atoms with E-state index in [9.17, 15) is 4.79 Å². The summed E-state index contributed by atoms with van der Waals surface area (Å²) in [7, 11) is 0. The van der Waals surface area contributed by atoms with E-state index < -0.39 is 5.92 Å². The number of benzene rings is 2. The molecule has 0 radical (unpaired) electrons. The smallest absolute Gasteiger partial charge is 0.322 e. The number of amides is 1. The van der Waals surface area contributed by atoms with Crippen molar-refractivity contribution in [3.63, 3.8) is 0 Å². The van der Waals surface area contributed by atoms with E-state index in [0.717, 1.165) is 11.1 Å². The Labute approximate surface area is 125 Å². The lowest BCUT2D eigenvalue weighted by molar-refractivity contribution is -0.117. The summed E-state index contributed by atoms with van der Waals surface area (Å²) in [6.07, 6.45) is 1.17. The molecule has 6 heteroatoms. The Morgan fingerprint density at radius 1 is 1.00 bits per heavy atom. The molecular formula is C16H11N3O3. The molecular weight excluding hydrogens is 282 g/mol. The van der Waals surface area contributed by atoms with Crippen molar-refractivity contribution in [2.75, 3.05) is 5.32 Å². The zero-order valence-corrected chi connectivity index (χ0v) is 11.4. The van der Waals surface area contributed by atoms with Crippen LogP contribution in [0.5, 0.6) is 11.5 Å². The Morgan fingerprint density at radius 3 is 2.23 bits per heavy atom. The number of fused-ring (bicyclic) bond motifs is 2. The standard InChI is InChI=1S/C16H11N3O3/c20-15(18-16-19-17-9-21-16)14-10-5-1-3-7-12(10)22-13-8-4-2-6-11(13)14/h1-9,14H,(H,18,19,20). The van der Waals surface area contributed by atoms with Crippen molar-refractivity contribution < 1.29 is 13.9 Å². The first-order valence-corrected chi connectivity index (χ1v) is 6.75. The molecule has 0 unspecified atom stereocenters. The fourth-order valence-corrected chi connectivity index (χ4v) is 2.60. The van der Waals surface area contributed by atoms with E-state index in [1.807, 2.05) is 48.5 Å². The molecule has 4 rings (SSSR count). The van der Waals surface area contributed by atoms with Crippen molar-refractivity contribution in [3.8, 4) is 11.5 Å². The van der Waals surface area contributed by atoms with Crippen LogP contribution in [0.25, 0.3) is 0 Å². The van der Waals surface area contributed by atoms with Crippen LogP contribution in [0, 0.1) is 0 Å². The highest BCUT2D eigenvalue weighted by molar-refractivity contribution is 5.98. The zero-order chi connectivity index (χ0) is 14.9. The van der Waals surface area contributed by atoms with E-state index >= 15 is 0 Å². The summed E-state index contributed by atoms with van der Waals surface area (Å²) in [6, 6.07) is 15.0. The molecule has 0 fully saturated rings. The number of hydrogen-bond acceptors (Lipinski definition) is 5. The van der Waals surface area contributed by atoms with E-state index in [1.54, 1.807) is 0 Å². The largest absolute Gasteiger partial charge is 0.457 e. The van der Waals surface area contributed by atoms with Crippen molar-refractivity contribution in [1.82, 2.24) is 10.2 Å². The first-order chi connectivity index (χ1) is 10.8. The van der Waals surface area contributed by atoms with Crippen molar-refractivity contribution in [1.29, 1.82) is 0 Å². The zero-order valence-electron chi connectivity index (χ0n) is 11.4. The van der Waals surface area contributed by atoms with Crippen molar-refractivity contribution in [2.24, 2.45) is 0 Å². The first-order valence-electron chi connectivity index (χ1n) is 6.75. The molecule has 1 amide bonds. The molecule has 1 N–H and O–H groups in total. The molecule has 0 saturated heterocycles. The van der Waals surface area contributed by atoms with Crippen LogP contribution in [0.1, 0.15) is 17.0 Å². The Morgan fingerprint density at radius 2 is 1.64 bits per heavy atom. The average Bonchev–Trinajstić information content (AvgIpc) is 3.05. The van der Waals surface area contributed by atoms with Gasteiger partial charge in [-0.15, -0.1) is 5.10 Å². The summed E-state index contributed by atoms with van der Waals surface area (Å²) in [5.74, 6) is 0.610. The number of ether oxygens (including phenoxy) is 1. The molecule has 3 aromatic rings. The van der Waals surface area contributed by atoms with Crippen LogP contribution in [0.3, 0.4) is 0 Å². The van der Waals surface area contributed by atoms with E-state index in [2.05, 4.69) is 15.5 Å². The highest BCUT2D eigenvalue weighted by atomic mass is 16.5. The van der Waals surface area contributed by atoms with Gasteiger partial charge in [0, 0.05) is 11.1 Å². The molecule has 0 spiro atoms. The van der Waals surface area contributed by atoms with Crippen LogP contribution >= 0.6 is 0 Å². The molecule has 6 nitrogen and oxygen atoms in total. The summed E-state index contributed by atoms with van der Waals surface area (Å²) >= 11 is 0. The number of aromatic nitrogens is 2. The second-order valence-electron chi connectivity index (χ2n) is 4.84. The Kier molecular flexibility index (Phi) is 2.86. The number of nitrogens with one attached hydrogen (secondary N) is 1. The predicted octanol–water partition coefficient (Wildman–Crippen LogP) is 2.95. The third-order valence-corrected chi connectivity index (χ3v) is 3.53. The van der Waals surface area contributed by atoms with Crippen LogP contribution < -0.4 is 10.1 Å². The number of carbonyl (C=O) groups excluding carboxylic acids is 1. The maximum Gasteiger partial charge on any atom is 0.322 e. The monoisotopic (exact) mass is 293 g/mol. The minimum atomic E-state index is -0.493. The number of nitrogens with zero attached hydrogens (tertiary/aromatic N) is 2. The fourth-order valence-electron chi connectivity index (χ4n) is 2.60. The third-order valence-electron chi connectivity index (χ3n) is 3.53. The van der Waals surface area contributed by atoms with Gasteiger partial charge in [0.25, 0.3) is 0 Å². The van der Waals surface area contributed by atoms with Gasteiger partial charge in [0.2, 0.25) is 12.3 Å². The molecule has 0 aliphatic carbocycles. The molecule has 108 valence electrons. The first kappa shape index (κ1) is 12.6. The number of hydrogen-bond donors (Lipinski definition) is 1. The number of carbonyl (C=O) groups is 1. The van der Waals surface area contributed by atoms with Gasteiger partial charge < -0.3 is 9.15 Å². The van der Waals surface area contributed by atoms with E-state index in [4.69, 9.17) is 9.15 Å². The maximum atomic E-state index is 12.7. The summed E-state index contributed by atoms with van der Waals surface area (Å²) in [5.41, 5.74) is 1.61. The minimum absolute atomic E-state index is 0.0754. The van der Waals surface area contributed by atoms with Crippen molar-refractivity contribution in [3.05, 3.63) is 66.1 Å². The molecule has 0 saturated carbocycles. The second-order valence-corrected chi connectivity index (χ2v) is 4.84. The molecule has 0 bridgehead atoms. The normalized spacial score (nSPS) is 12.9. The van der Waals surface area contributed by atoms with Gasteiger partial charge in [-0.2, -0.15) is 0 Å². The highest BCUT2D eigenvalue weighted by Gasteiger charge is 2.32. The van der Waals surface area contributed by atoms with E-state index in [0.29, 0.717) is 11.5 Å². The summed E-state index contributed by atoms with van der Waals surface area (Å²) < 4.78 is 10.8. The molecule has 2 heterocycles.